The van der Waals surface area contributed by atoms with Crippen LogP contribution in [0, 0.1) is 0 Å². The lowest BCUT2D eigenvalue weighted by molar-refractivity contribution is -0.122. The molecule has 4 rings (SSSR count). The van der Waals surface area contributed by atoms with Gasteiger partial charge >= 0.3 is 6.03 Å². The van der Waals surface area contributed by atoms with Crippen molar-refractivity contribution in [1.29, 1.82) is 0 Å². The SMILES string of the molecule is O=C1NC(=O)N(c2ccc(O)cc2)C(=O)/C1=C\c1cccc2ccccc12. The third-order valence-electron chi connectivity index (χ3n) is 4.33. The van der Waals surface area contributed by atoms with Crippen LogP contribution in [-0.2, 0) is 9.59 Å². The minimum Gasteiger partial charge on any atom is -0.508 e. The molecule has 0 aromatic heterocycles. The number of hydrogen-bond donors (Lipinski definition) is 2. The van der Waals surface area contributed by atoms with Crippen LogP contribution in [0.3, 0.4) is 0 Å². The number of benzene rings is 3. The Morgan fingerprint density at radius 3 is 2.33 bits per heavy atom. The van der Waals surface area contributed by atoms with Gasteiger partial charge in [-0.25, -0.2) is 9.69 Å². The predicted octanol–water partition coefficient (Wildman–Crippen LogP) is 3.21. The summed E-state index contributed by atoms with van der Waals surface area (Å²) in [6.07, 6.45) is 1.49. The van der Waals surface area contributed by atoms with Gasteiger partial charge in [-0.05, 0) is 46.7 Å². The molecule has 3 aromatic carbocycles. The van der Waals surface area contributed by atoms with Crippen LogP contribution in [0.4, 0.5) is 10.5 Å². The van der Waals surface area contributed by atoms with Gasteiger partial charge in [-0.15, -0.1) is 0 Å². The first-order chi connectivity index (χ1) is 13.0. The van der Waals surface area contributed by atoms with E-state index >= 15 is 0 Å². The molecule has 3 aromatic rings. The molecule has 1 aliphatic rings. The van der Waals surface area contributed by atoms with Gasteiger partial charge in [0.25, 0.3) is 11.8 Å². The van der Waals surface area contributed by atoms with Crippen molar-refractivity contribution in [3.05, 3.63) is 77.9 Å². The van der Waals surface area contributed by atoms with Crippen molar-refractivity contribution in [2.24, 2.45) is 0 Å². The lowest BCUT2D eigenvalue weighted by Gasteiger charge is -2.26. The second-order valence-corrected chi connectivity index (χ2v) is 6.04. The van der Waals surface area contributed by atoms with E-state index in [9.17, 15) is 19.5 Å². The van der Waals surface area contributed by atoms with E-state index in [1.54, 1.807) is 6.07 Å². The number of rotatable bonds is 2. The first-order valence-electron chi connectivity index (χ1n) is 8.23. The molecule has 0 saturated carbocycles. The number of carbonyl (C=O) groups is 3. The number of phenols is 1. The molecule has 1 aliphatic heterocycles. The average Bonchev–Trinajstić information content (AvgIpc) is 2.66. The fourth-order valence-corrected chi connectivity index (χ4v) is 3.03. The van der Waals surface area contributed by atoms with Crippen LogP contribution in [0.15, 0.2) is 72.3 Å². The van der Waals surface area contributed by atoms with Gasteiger partial charge in [0, 0.05) is 0 Å². The third-order valence-corrected chi connectivity index (χ3v) is 4.33. The van der Waals surface area contributed by atoms with Gasteiger partial charge in [0.05, 0.1) is 5.69 Å². The molecule has 0 aliphatic carbocycles. The van der Waals surface area contributed by atoms with E-state index in [4.69, 9.17) is 0 Å². The number of amides is 4. The van der Waals surface area contributed by atoms with E-state index in [1.165, 1.54) is 30.3 Å². The summed E-state index contributed by atoms with van der Waals surface area (Å²) in [7, 11) is 0. The van der Waals surface area contributed by atoms with Crippen molar-refractivity contribution in [3.8, 4) is 5.75 Å². The highest BCUT2D eigenvalue weighted by Crippen LogP contribution is 2.26. The van der Waals surface area contributed by atoms with Gasteiger partial charge in [-0.3, -0.25) is 14.9 Å². The number of nitrogens with one attached hydrogen (secondary N) is 1. The zero-order chi connectivity index (χ0) is 19.0. The van der Waals surface area contributed by atoms with Crippen LogP contribution in [0.2, 0.25) is 0 Å². The normalized spacial score (nSPS) is 16.1. The minimum atomic E-state index is -0.828. The molecule has 0 bridgehead atoms. The molecular weight excluding hydrogens is 344 g/mol. The molecule has 0 atom stereocenters. The molecule has 132 valence electrons. The van der Waals surface area contributed by atoms with E-state index in [-0.39, 0.29) is 17.0 Å². The molecule has 0 unspecified atom stereocenters. The van der Waals surface area contributed by atoms with Crippen molar-refractivity contribution in [1.82, 2.24) is 5.32 Å². The Morgan fingerprint density at radius 1 is 0.852 bits per heavy atom. The molecule has 2 N–H and O–H groups in total. The Morgan fingerprint density at radius 2 is 1.56 bits per heavy atom. The number of barbiturate groups is 1. The Hall–Kier alpha value is -3.93. The summed E-state index contributed by atoms with van der Waals surface area (Å²) < 4.78 is 0. The lowest BCUT2D eigenvalue weighted by Crippen LogP contribution is -2.54. The maximum atomic E-state index is 12.9. The van der Waals surface area contributed by atoms with Crippen LogP contribution >= 0.6 is 0 Å². The summed E-state index contributed by atoms with van der Waals surface area (Å²) in [4.78, 5) is 38.3. The Labute approximate surface area is 154 Å². The fourth-order valence-electron chi connectivity index (χ4n) is 3.03. The maximum absolute atomic E-state index is 12.9. The topological polar surface area (TPSA) is 86.7 Å². The first kappa shape index (κ1) is 16.5. The van der Waals surface area contributed by atoms with Crippen molar-refractivity contribution >= 4 is 40.4 Å². The highest BCUT2D eigenvalue weighted by molar-refractivity contribution is 6.39. The monoisotopic (exact) mass is 358 g/mol. The molecular formula is C21H14N2O4. The van der Waals surface area contributed by atoms with E-state index in [0.29, 0.717) is 5.56 Å². The molecule has 0 radical (unpaired) electrons. The van der Waals surface area contributed by atoms with E-state index in [1.807, 2.05) is 36.4 Å². The van der Waals surface area contributed by atoms with E-state index < -0.39 is 17.8 Å². The molecule has 6 heteroatoms. The Bertz CT molecular complexity index is 1110. The van der Waals surface area contributed by atoms with Crippen molar-refractivity contribution in [2.75, 3.05) is 4.90 Å². The zero-order valence-electron chi connectivity index (χ0n) is 14.0. The summed E-state index contributed by atoms with van der Waals surface area (Å²) in [6.45, 7) is 0. The number of hydrogen-bond acceptors (Lipinski definition) is 4. The Kier molecular flexibility index (Phi) is 3.93. The number of anilines is 1. The average molecular weight is 358 g/mol. The summed E-state index contributed by atoms with van der Waals surface area (Å²) in [6, 6.07) is 17.9. The van der Waals surface area contributed by atoms with Crippen molar-refractivity contribution in [2.45, 2.75) is 0 Å². The van der Waals surface area contributed by atoms with Gasteiger partial charge < -0.3 is 5.11 Å². The van der Waals surface area contributed by atoms with Crippen LogP contribution < -0.4 is 10.2 Å². The second kappa shape index (κ2) is 6.42. The maximum Gasteiger partial charge on any atom is 0.335 e. The van der Waals surface area contributed by atoms with E-state index in [0.717, 1.165) is 15.7 Å². The summed E-state index contributed by atoms with van der Waals surface area (Å²) in [5, 5.41) is 13.5. The first-order valence-corrected chi connectivity index (χ1v) is 8.23. The van der Waals surface area contributed by atoms with Gasteiger partial charge in [0.15, 0.2) is 0 Å². The number of imide groups is 2. The lowest BCUT2D eigenvalue weighted by atomic mass is 10.0. The number of aromatic hydroxyl groups is 1. The molecule has 27 heavy (non-hydrogen) atoms. The molecule has 1 saturated heterocycles. The smallest absolute Gasteiger partial charge is 0.335 e. The highest BCUT2D eigenvalue weighted by atomic mass is 16.3. The van der Waals surface area contributed by atoms with Gasteiger partial charge in [0.1, 0.15) is 11.3 Å². The largest absolute Gasteiger partial charge is 0.508 e. The highest BCUT2D eigenvalue weighted by Gasteiger charge is 2.36. The fraction of sp³-hybridized carbons (Fsp3) is 0. The summed E-state index contributed by atoms with van der Waals surface area (Å²) >= 11 is 0. The molecule has 4 amide bonds. The quantitative estimate of drug-likeness (QED) is 0.544. The second-order valence-electron chi connectivity index (χ2n) is 6.04. The third kappa shape index (κ3) is 2.93. The molecule has 1 heterocycles. The van der Waals surface area contributed by atoms with Gasteiger partial charge in [-0.1, -0.05) is 42.5 Å². The number of nitrogens with zero attached hydrogens (tertiary/aromatic N) is 1. The molecule has 6 nitrogen and oxygen atoms in total. The van der Waals surface area contributed by atoms with Crippen LogP contribution in [0.5, 0.6) is 5.75 Å². The summed E-state index contributed by atoms with van der Waals surface area (Å²) in [5.74, 6) is -1.46. The predicted molar refractivity (Wildman–Crippen MR) is 101 cm³/mol. The standard InChI is InChI=1S/C21H14N2O4/c24-16-10-8-15(9-11-16)23-20(26)18(19(25)22-21(23)27)12-14-6-3-5-13-4-1-2-7-17(13)14/h1-12,24H,(H,22,25,27)/b18-12-. The van der Waals surface area contributed by atoms with Crippen molar-refractivity contribution < 1.29 is 19.5 Å². The van der Waals surface area contributed by atoms with E-state index in [2.05, 4.69) is 5.32 Å². The van der Waals surface area contributed by atoms with Gasteiger partial charge in [0.2, 0.25) is 0 Å². The number of phenolic OH excluding ortho intramolecular Hbond substituents is 1. The number of urea groups is 1. The zero-order valence-corrected chi connectivity index (χ0v) is 14.0. The van der Waals surface area contributed by atoms with Crippen LogP contribution in [0.25, 0.3) is 16.8 Å². The number of carbonyl (C=O) groups excluding carboxylic acids is 3. The number of fused-ring (bicyclic) bond motifs is 1. The molecule has 0 spiro atoms. The van der Waals surface area contributed by atoms with Gasteiger partial charge in [-0.2, -0.15) is 0 Å². The molecule has 1 fully saturated rings. The Balaban J connectivity index is 1.80. The minimum absolute atomic E-state index is 0.00575. The van der Waals surface area contributed by atoms with Crippen LogP contribution in [-0.4, -0.2) is 23.0 Å². The van der Waals surface area contributed by atoms with Crippen molar-refractivity contribution in [3.63, 3.8) is 0 Å². The van der Waals surface area contributed by atoms with Crippen LogP contribution in [0.1, 0.15) is 5.56 Å². The summed E-state index contributed by atoms with van der Waals surface area (Å²) in [5.41, 5.74) is 0.817.